The highest BCUT2D eigenvalue weighted by Gasteiger charge is 2.08. The molecule has 13 heavy (non-hydrogen) atoms. The fraction of sp³-hybridized carbons (Fsp3) is 0.333. The van der Waals surface area contributed by atoms with Crippen molar-refractivity contribution >= 4 is 11.4 Å². The number of methoxy groups -OCH3 is 2. The second kappa shape index (κ2) is 3.89. The largest absolute Gasteiger partial charge is 0.493 e. The molecule has 0 aromatic heterocycles. The first-order valence-electron chi connectivity index (χ1n) is 3.92. The summed E-state index contributed by atoms with van der Waals surface area (Å²) < 4.78 is 10.2. The van der Waals surface area contributed by atoms with Crippen molar-refractivity contribution in [1.82, 2.24) is 0 Å². The van der Waals surface area contributed by atoms with E-state index in [9.17, 15) is 0 Å². The third kappa shape index (κ3) is 1.77. The van der Waals surface area contributed by atoms with Gasteiger partial charge in [-0.3, -0.25) is 0 Å². The van der Waals surface area contributed by atoms with E-state index in [1.165, 1.54) is 0 Å². The number of ether oxygens (including phenoxy) is 2. The SMILES string of the molecule is CNc1cc(N)c(OC)c(OC)c1. The summed E-state index contributed by atoms with van der Waals surface area (Å²) >= 11 is 0. The Morgan fingerprint density at radius 3 is 2.38 bits per heavy atom. The molecule has 0 unspecified atom stereocenters. The molecule has 0 saturated carbocycles. The molecule has 4 nitrogen and oxygen atoms in total. The van der Waals surface area contributed by atoms with Crippen LogP contribution in [0.2, 0.25) is 0 Å². The lowest BCUT2D eigenvalue weighted by atomic mass is 10.2. The van der Waals surface area contributed by atoms with Crippen LogP contribution in [-0.2, 0) is 0 Å². The summed E-state index contributed by atoms with van der Waals surface area (Å²) in [5, 5.41) is 2.98. The third-order valence-electron chi connectivity index (χ3n) is 1.80. The fourth-order valence-electron chi connectivity index (χ4n) is 1.14. The van der Waals surface area contributed by atoms with E-state index in [1.807, 2.05) is 13.1 Å². The van der Waals surface area contributed by atoms with Crippen LogP contribution in [-0.4, -0.2) is 21.3 Å². The third-order valence-corrected chi connectivity index (χ3v) is 1.80. The zero-order valence-electron chi connectivity index (χ0n) is 8.05. The average molecular weight is 182 g/mol. The van der Waals surface area contributed by atoms with Crippen LogP contribution in [0.15, 0.2) is 12.1 Å². The van der Waals surface area contributed by atoms with Gasteiger partial charge in [0.05, 0.1) is 19.9 Å². The van der Waals surface area contributed by atoms with E-state index in [1.54, 1.807) is 20.3 Å². The van der Waals surface area contributed by atoms with Crippen molar-refractivity contribution in [3.63, 3.8) is 0 Å². The molecule has 0 bridgehead atoms. The van der Waals surface area contributed by atoms with Crippen molar-refractivity contribution in [2.24, 2.45) is 0 Å². The lowest BCUT2D eigenvalue weighted by Gasteiger charge is -2.11. The summed E-state index contributed by atoms with van der Waals surface area (Å²) in [6.07, 6.45) is 0. The summed E-state index contributed by atoms with van der Waals surface area (Å²) in [6.45, 7) is 0. The minimum Gasteiger partial charge on any atom is -0.493 e. The van der Waals surface area contributed by atoms with E-state index in [0.29, 0.717) is 17.2 Å². The summed E-state index contributed by atoms with van der Waals surface area (Å²) in [5.41, 5.74) is 7.20. The maximum absolute atomic E-state index is 5.74. The number of rotatable bonds is 3. The molecule has 0 aliphatic rings. The lowest BCUT2D eigenvalue weighted by molar-refractivity contribution is 0.357. The molecule has 0 fully saturated rings. The zero-order chi connectivity index (χ0) is 9.84. The molecule has 0 radical (unpaired) electrons. The number of hydrogen-bond donors (Lipinski definition) is 2. The molecule has 1 rings (SSSR count). The first-order valence-corrected chi connectivity index (χ1v) is 3.92. The molecule has 0 spiro atoms. The van der Waals surface area contributed by atoms with Crippen LogP contribution in [0.1, 0.15) is 0 Å². The Hall–Kier alpha value is -1.58. The fourth-order valence-corrected chi connectivity index (χ4v) is 1.14. The Labute approximate surface area is 77.6 Å². The van der Waals surface area contributed by atoms with Gasteiger partial charge in [0.1, 0.15) is 0 Å². The average Bonchev–Trinajstić information content (AvgIpc) is 2.16. The van der Waals surface area contributed by atoms with Crippen LogP contribution in [0.4, 0.5) is 11.4 Å². The number of anilines is 2. The summed E-state index contributed by atoms with van der Waals surface area (Å²) in [5.74, 6) is 1.20. The van der Waals surface area contributed by atoms with Gasteiger partial charge in [0, 0.05) is 18.8 Å². The van der Waals surface area contributed by atoms with Crippen molar-refractivity contribution in [3.05, 3.63) is 12.1 Å². The van der Waals surface area contributed by atoms with E-state index in [0.717, 1.165) is 5.69 Å². The van der Waals surface area contributed by atoms with Crippen molar-refractivity contribution in [1.29, 1.82) is 0 Å². The predicted molar refractivity (Wildman–Crippen MR) is 53.5 cm³/mol. The quantitative estimate of drug-likeness (QED) is 0.692. The van der Waals surface area contributed by atoms with Gasteiger partial charge in [0.25, 0.3) is 0 Å². The molecule has 0 aliphatic carbocycles. The molecule has 0 aliphatic heterocycles. The van der Waals surface area contributed by atoms with Crippen molar-refractivity contribution in [2.45, 2.75) is 0 Å². The van der Waals surface area contributed by atoms with Crippen molar-refractivity contribution < 1.29 is 9.47 Å². The van der Waals surface area contributed by atoms with Gasteiger partial charge in [-0.05, 0) is 6.07 Å². The van der Waals surface area contributed by atoms with Gasteiger partial charge in [-0.25, -0.2) is 0 Å². The molecular weight excluding hydrogens is 168 g/mol. The highest BCUT2D eigenvalue weighted by atomic mass is 16.5. The Morgan fingerprint density at radius 1 is 1.23 bits per heavy atom. The number of nitrogens with one attached hydrogen (secondary N) is 1. The number of hydrogen-bond acceptors (Lipinski definition) is 4. The second-order valence-electron chi connectivity index (χ2n) is 2.55. The highest BCUT2D eigenvalue weighted by Crippen LogP contribution is 2.36. The topological polar surface area (TPSA) is 56.5 Å². The Morgan fingerprint density at radius 2 is 1.92 bits per heavy atom. The van der Waals surface area contributed by atoms with Gasteiger partial charge in [0.2, 0.25) is 0 Å². The Balaban J connectivity index is 3.20. The van der Waals surface area contributed by atoms with E-state index in [2.05, 4.69) is 5.32 Å². The molecule has 0 atom stereocenters. The molecule has 1 aromatic rings. The molecule has 3 N–H and O–H groups in total. The van der Waals surface area contributed by atoms with Crippen LogP contribution in [0.3, 0.4) is 0 Å². The Kier molecular flexibility index (Phi) is 2.84. The molecule has 72 valence electrons. The Bertz CT molecular complexity index is 300. The van der Waals surface area contributed by atoms with Crippen LogP contribution in [0, 0.1) is 0 Å². The standard InChI is InChI=1S/C9H14N2O2/c1-11-6-4-7(10)9(13-3)8(5-6)12-2/h4-5,11H,10H2,1-3H3. The maximum atomic E-state index is 5.74. The van der Waals surface area contributed by atoms with Gasteiger partial charge in [-0.2, -0.15) is 0 Å². The normalized spacial score (nSPS) is 9.46. The first kappa shape index (κ1) is 9.51. The van der Waals surface area contributed by atoms with E-state index >= 15 is 0 Å². The molecule has 1 aromatic carbocycles. The van der Waals surface area contributed by atoms with Gasteiger partial charge < -0.3 is 20.5 Å². The van der Waals surface area contributed by atoms with Crippen molar-refractivity contribution in [3.8, 4) is 11.5 Å². The van der Waals surface area contributed by atoms with Crippen LogP contribution in [0.25, 0.3) is 0 Å². The van der Waals surface area contributed by atoms with E-state index in [4.69, 9.17) is 15.2 Å². The van der Waals surface area contributed by atoms with Gasteiger partial charge in [-0.1, -0.05) is 0 Å². The summed E-state index contributed by atoms with van der Waals surface area (Å²) in [4.78, 5) is 0. The van der Waals surface area contributed by atoms with E-state index in [-0.39, 0.29) is 0 Å². The number of nitrogens with two attached hydrogens (primary N) is 1. The second-order valence-corrected chi connectivity index (χ2v) is 2.55. The molecule has 0 heterocycles. The number of nitrogen functional groups attached to an aromatic ring is 1. The van der Waals surface area contributed by atoms with Crippen LogP contribution < -0.4 is 20.5 Å². The molecule has 0 amide bonds. The van der Waals surface area contributed by atoms with Crippen LogP contribution >= 0.6 is 0 Å². The van der Waals surface area contributed by atoms with E-state index < -0.39 is 0 Å². The predicted octanol–water partition coefficient (Wildman–Crippen LogP) is 1.33. The van der Waals surface area contributed by atoms with Crippen LogP contribution in [0.5, 0.6) is 11.5 Å². The molecular formula is C9H14N2O2. The monoisotopic (exact) mass is 182 g/mol. The number of benzene rings is 1. The highest BCUT2D eigenvalue weighted by molar-refractivity contribution is 5.68. The van der Waals surface area contributed by atoms with Crippen molar-refractivity contribution in [2.75, 3.05) is 32.3 Å². The smallest absolute Gasteiger partial charge is 0.183 e. The summed E-state index contributed by atoms with van der Waals surface area (Å²) in [7, 11) is 4.96. The zero-order valence-corrected chi connectivity index (χ0v) is 8.05. The summed E-state index contributed by atoms with van der Waals surface area (Å²) in [6, 6.07) is 3.62. The van der Waals surface area contributed by atoms with Gasteiger partial charge >= 0.3 is 0 Å². The van der Waals surface area contributed by atoms with Gasteiger partial charge in [-0.15, -0.1) is 0 Å². The lowest BCUT2D eigenvalue weighted by Crippen LogP contribution is -1.98. The van der Waals surface area contributed by atoms with Gasteiger partial charge in [0.15, 0.2) is 11.5 Å². The minimum atomic E-state index is 0.561. The molecule has 0 saturated heterocycles. The first-order chi connectivity index (χ1) is 6.22. The minimum absolute atomic E-state index is 0.561. The maximum Gasteiger partial charge on any atom is 0.183 e. The molecule has 4 heteroatoms.